The van der Waals surface area contributed by atoms with Gasteiger partial charge < -0.3 is 14.2 Å². The molecule has 1 fully saturated rings. The van der Waals surface area contributed by atoms with E-state index in [1.165, 1.54) is 0 Å². The Bertz CT molecular complexity index is 529. The lowest BCUT2D eigenvalue weighted by molar-refractivity contribution is 0.0579. The molecule has 5 heteroatoms. The second kappa shape index (κ2) is 5.62. The van der Waals surface area contributed by atoms with Crippen LogP contribution in [0.5, 0.6) is 11.5 Å². The van der Waals surface area contributed by atoms with Gasteiger partial charge in [0.25, 0.3) is 0 Å². The number of rotatable bonds is 2. The minimum atomic E-state index is -0.405. The summed E-state index contributed by atoms with van der Waals surface area (Å²) >= 11 is 6.22. The monoisotopic (exact) mass is 296 g/mol. The topological polar surface area (TPSA) is 44.8 Å². The summed E-state index contributed by atoms with van der Waals surface area (Å²) in [6, 6.07) is 3.34. The van der Waals surface area contributed by atoms with E-state index in [1.807, 2.05) is 6.92 Å². The molecule has 2 unspecified atom stereocenters. The third-order valence-corrected chi connectivity index (χ3v) is 4.06. The highest BCUT2D eigenvalue weighted by Crippen LogP contribution is 2.36. The van der Waals surface area contributed by atoms with E-state index in [9.17, 15) is 4.79 Å². The van der Waals surface area contributed by atoms with Crippen molar-refractivity contribution in [3.63, 3.8) is 0 Å². The molecule has 2 aliphatic heterocycles. The SMILES string of the molecule is CC1CCOC1C(=O)c1cc2c(cc1Cl)OCCCO2. The maximum atomic E-state index is 12.5. The molecule has 0 aromatic heterocycles. The van der Waals surface area contributed by atoms with Crippen molar-refractivity contribution in [2.75, 3.05) is 19.8 Å². The summed E-state index contributed by atoms with van der Waals surface area (Å²) in [5.74, 6) is 1.33. The van der Waals surface area contributed by atoms with E-state index in [-0.39, 0.29) is 11.7 Å². The average molecular weight is 297 g/mol. The molecular formula is C15H17ClO4. The fraction of sp³-hybridized carbons (Fsp3) is 0.533. The molecule has 2 heterocycles. The van der Waals surface area contributed by atoms with Crippen LogP contribution >= 0.6 is 11.6 Å². The van der Waals surface area contributed by atoms with Gasteiger partial charge in [-0.1, -0.05) is 18.5 Å². The van der Waals surface area contributed by atoms with Gasteiger partial charge in [0.1, 0.15) is 6.10 Å². The highest BCUT2D eigenvalue weighted by atomic mass is 35.5. The zero-order valence-electron chi connectivity index (χ0n) is 11.4. The smallest absolute Gasteiger partial charge is 0.193 e. The lowest BCUT2D eigenvalue weighted by Crippen LogP contribution is -2.25. The van der Waals surface area contributed by atoms with Crippen molar-refractivity contribution in [3.05, 3.63) is 22.7 Å². The van der Waals surface area contributed by atoms with Crippen LogP contribution in [0.3, 0.4) is 0 Å². The van der Waals surface area contributed by atoms with Crippen molar-refractivity contribution in [2.24, 2.45) is 5.92 Å². The molecule has 0 radical (unpaired) electrons. The van der Waals surface area contributed by atoms with Crippen LogP contribution in [-0.2, 0) is 4.74 Å². The molecule has 0 amide bonds. The van der Waals surface area contributed by atoms with Gasteiger partial charge in [-0.25, -0.2) is 0 Å². The van der Waals surface area contributed by atoms with Crippen LogP contribution in [-0.4, -0.2) is 31.7 Å². The van der Waals surface area contributed by atoms with Crippen molar-refractivity contribution < 1.29 is 19.0 Å². The summed E-state index contributed by atoms with van der Waals surface area (Å²) in [7, 11) is 0. The summed E-state index contributed by atoms with van der Waals surface area (Å²) in [5, 5.41) is 0.391. The van der Waals surface area contributed by atoms with E-state index in [2.05, 4.69) is 0 Å². The molecule has 20 heavy (non-hydrogen) atoms. The molecular weight excluding hydrogens is 280 g/mol. The molecule has 0 saturated carbocycles. The van der Waals surface area contributed by atoms with Gasteiger partial charge in [-0.05, 0) is 18.4 Å². The number of hydrogen-bond donors (Lipinski definition) is 0. The molecule has 4 nitrogen and oxygen atoms in total. The van der Waals surface area contributed by atoms with Crippen molar-refractivity contribution in [2.45, 2.75) is 25.9 Å². The number of benzene rings is 1. The number of Topliss-reactive ketones (excluding diaryl/α,β-unsaturated/α-hetero) is 1. The van der Waals surface area contributed by atoms with Gasteiger partial charge in [0.2, 0.25) is 0 Å². The van der Waals surface area contributed by atoms with Crippen LogP contribution in [0.25, 0.3) is 0 Å². The number of hydrogen-bond acceptors (Lipinski definition) is 4. The first-order chi connectivity index (χ1) is 9.66. The van der Waals surface area contributed by atoms with Gasteiger partial charge in [-0.2, -0.15) is 0 Å². The van der Waals surface area contributed by atoms with Gasteiger partial charge in [0.05, 0.1) is 18.2 Å². The summed E-state index contributed by atoms with van der Waals surface area (Å²) in [5.41, 5.74) is 0.453. The fourth-order valence-corrected chi connectivity index (χ4v) is 2.80. The van der Waals surface area contributed by atoms with Crippen molar-refractivity contribution in [1.29, 1.82) is 0 Å². The highest BCUT2D eigenvalue weighted by Gasteiger charge is 2.33. The van der Waals surface area contributed by atoms with Crippen LogP contribution in [0.1, 0.15) is 30.1 Å². The molecule has 0 bridgehead atoms. The number of halogens is 1. The molecule has 0 aliphatic carbocycles. The molecule has 1 aromatic carbocycles. The zero-order chi connectivity index (χ0) is 14.1. The van der Waals surface area contributed by atoms with Gasteiger partial charge in [-0.15, -0.1) is 0 Å². The summed E-state index contributed by atoms with van der Waals surface area (Å²) < 4.78 is 16.7. The number of ether oxygens (including phenoxy) is 3. The van der Waals surface area contributed by atoms with Crippen LogP contribution in [0, 0.1) is 5.92 Å². The van der Waals surface area contributed by atoms with E-state index in [1.54, 1.807) is 12.1 Å². The van der Waals surface area contributed by atoms with Crippen LogP contribution < -0.4 is 9.47 Å². The quantitative estimate of drug-likeness (QED) is 0.787. The maximum absolute atomic E-state index is 12.5. The van der Waals surface area contributed by atoms with Gasteiger partial charge in [-0.3, -0.25) is 4.79 Å². The third kappa shape index (κ3) is 2.50. The van der Waals surface area contributed by atoms with Gasteiger partial charge >= 0.3 is 0 Å². The van der Waals surface area contributed by atoms with Gasteiger partial charge in [0, 0.05) is 24.7 Å². The Balaban J connectivity index is 1.93. The lowest BCUT2D eigenvalue weighted by Gasteiger charge is -2.16. The average Bonchev–Trinajstić information content (AvgIpc) is 2.72. The Morgan fingerprint density at radius 1 is 1.20 bits per heavy atom. The molecule has 3 rings (SSSR count). The summed E-state index contributed by atoms with van der Waals surface area (Å²) in [4.78, 5) is 12.5. The zero-order valence-corrected chi connectivity index (χ0v) is 12.1. The van der Waals surface area contributed by atoms with E-state index >= 15 is 0 Å². The fourth-order valence-electron chi connectivity index (χ4n) is 2.56. The first-order valence-electron chi connectivity index (χ1n) is 6.92. The normalized spacial score (nSPS) is 25.3. The van der Waals surface area contributed by atoms with E-state index in [0.717, 1.165) is 12.8 Å². The minimum Gasteiger partial charge on any atom is -0.490 e. The van der Waals surface area contributed by atoms with Crippen LogP contribution in [0.4, 0.5) is 0 Å². The Labute approximate surface area is 123 Å². The number of ketones is 1. The third-order valence-electron chi connectivity index (χ3n) is 3.75. The Kier molecular flexibility index (Phi) is 3.85. The first kappa shape index (κ1) is 13.7. The van der Waals surface area contributed by atoms with Crippen LogP contribution in [0.15, 0.2) is 12.1 Å². The summed E-state index contributed by atoms with van der Waals surface area (Å²) in [6.07, 6.45) is 1.31. The Morgan fingerprint density at radius 2 is 1.90 bits per heavy atom. The second-order valence-corrected chi connectivity index (χ2v) is 5.66. The Morgan fingerprint density at radius 3 is 2.55 bits per heavy atom. The Hall–Kier alpha value is -1.26. The minimum absolute atomic E-state index is 0.0735. The largest absolute Gasteiger partial charge is 0.490 e. The second-order valence-electron chi connectivity index (χ2n) is 5.25. The van der Waals surface area contributed by atoms with E-state index in [0.29, 0.717) is 41.9 Å². The molecule has 1 saturated heterocycles. The highest BCUT2D eigenvalue weighted by molar-refractivity contribution is 6.34. The molecule has 0 N–H and O–H groups in total. The number of fused-ring (bicyclic) bond motifs is 1. The van der Waals surface area contributed by atoms with E-state index in [4.69, 9.17) is 25.8 Å². The predicted octanol–water partition coefficient (Wildman–Crippen LogP) is 3.11. The molecule has 0 spiro atoms. The van der Waals surface area contributed by atoms with E-state index < -0.39 is 6.10 Å². The van der Waals surface area contributed by atoms with Crippen molar-refractivity contribution >= 4 is 17.4 Å². The molecule has 108 valence electrons. The lowest BCUT2D eigenvalue weighted by atomic mass is 9.96. The number of carbonyl (C=O) groups excluding carboxylic acids is 1. The summed E-state index contributed by atoms with van der Waals surface area (Å²) in [6.45, 7) is 3.82. The van der Waals surface area contributed by atoms with Crippen molar-refractivity contribution in [3.8, 4) is 11.5 Å². The van der Waals surface area contributed by atoms with Crippen molar-refractivity contribution in [1.82, 2.24) is 0 Å². The molecule has 2 atom stereocenters. The first-order valence-corrected chi connectivity index (χ1v) is 7.29. The standard InChI is InChI=1S/C15H17ClO4/c1-9-3-6-20-15(9)14(17)10-7-12-13(8-11(10)16)19-5-2-4-18-12/h7-9,15H,2-6H2,1H3. The maximum Gasteiger partial charge on any atom is 0.193 e. The number of carbonyl (C=O) groups is 1. The van der Waals surface area contributed by atoms with Gasteiger partial charge in [0.15, 0.2) is 17.3 Å². The molecule has 2 aliphatic rings. The molecule has 1 aromatic rings. The van der Waals surface area contributed by atoms with Crippen LogP contribution in [0.2, 0.25) is 5.02 Å². The predicted molar refractivity (Wildman–Crippen MR) is 74.9 cm³/mol.